The minimum Gasteiger partial charge on any atom is -0.352 e. The average Bonchev–Trinajstić information content (AvgIpc) is 3.17. The van der Waals surface area contributed by atoms with E-state index in [2.05, 4.69) is 10.8 Å². The summed E-state index contributed by atoms with van der Waals surface area (Å²) in [6.45, 7) is 3.23. The van der Waals surface area contributed by atoms with Gasteiger partial charge in [-0.1, -0.05) is 48.7 Å². The van der Waals surface area contributed by atoms with Crippen molar-refractivity contribution >= 4 is 46.4 Å². The van der Waals surface area contributed by atoms with E-state index in [0.29, 0.717) is 0 Å². The van der Waals surface area contributed by atoms with E-state index in [1.807, 2.05) is 0 Å². The maximum absolute atomic E-state index is 14.2. The summed E-state index contributed by atoms with van der Waals surface area (Å²) >= 11 is 17.7. The standard InChI is InChI=1S/C21H17Cl3F4N2O2/c1-10(2)19(31)29-9-12-5-11(3-4-16(12)25)17-8-20(32-30-17,21(26,27)28)13-6-14(22)18(24)15(23)7-13/h3-8,10,30H,9H2,1-2H3,(H,29,31). The Hall–Kier alpha value is -2.00. The highest BCUT2D eigenvalue weighted by Gasteiger charge is 2.59. The zero-order valence-electron chi connectivity index (χ0n) is 16.7. The van der Waals surface area contributed by atoms with Crippen LogP contribution in [0.3, 0.4) is 0 Å². The lowest BCUT2D eigenvalue weighted by Gasteiger charge is -2.29. The Bertz CT molecular complexity index is 1070. The monoisotopic (exact) mass is 510 g/mol. The SMILES string of the molecule is CC(C)C(=O)NCc1cc(C2=CC(c3cc(Cl)c(Cl)c(Cl)c3)(C(F)(F)F)ON2)ccc1F. The van der Waals surface area contributed by atoms with Gasteiger partial charge in [-0.25, -0.2) is 4.39 Å². The summed E-state index contributed by atoms with van der Waals surface area (Å²) < 4.78 is 56.6. The summed E-state index contributed by atoms with van der Waals surface area (Å²) in [5, 5.41) is 2.14. The van der Waals surface area contributed by atoms with Crippen LogP contribution in [-0.4, -0.2) is 12.1 Å². The summed E-state index contributed by atoms with van der Waals surface area (Å²) in [5.41, 5.74) is -0.778. The molecule has 0 fully saturated rings. The van der Waals surface area contributed by atoms with Crippen molar-refractivity contribution in [3.8, 4) is 0 Å². The third-order valence-corrected chi connectivity index (χ3v) is 6.03. The van der Waals surface area contributed by atoms with Crippen molar-refractivity contribution in [3.63, 3.8) is 0 Å². The van der Waals surface area contributed by atoms with E-state index in [4.69, 9.17) is 39.6 Å². The molecule has 0 aliphatic carbocycles. The summed E-state index contributed by atoms with van der Waals surface area (Å²) in [6.07, 6.45) is -4.09. The van der Waals surface area contributed by atoms with Gasteiger partial charge in [-0.2, -0.15) is 13.2 Å². The van der Waals surface area contributed by atoms with Crippen LogP contribution < -0.4 is 10.8 Å². The van der Waals surface area contributed by atoms with Gasteiger partial charge in [0.1, 0.15) is 5.82 Å². The van der Waals surface area contributed by atoms with E-state index >= 15 is 0 Å². The topological polar surface area (TPSA) is 50.4 Å². The highest BCUT2D eigenvalue weighted by atomic mass is 35.5. The normalized spacial score (nSPS) is 18.5. The van der Waals surface area contributed by atoms with E-state index < -0.39 is 23.2 Å². The van der Waals surface area contributed by atoms with Crippen LogP contribution in [0.5, 0.6) is 0 Å². The molecular formula is C21H17Cl3F4N2O2. The lowest BCUT2D eigenvalue weighted by Crippen LogP contribution is -2.42. The first-order valence-electron chi connectivity index (χ1n) is 9.31. The van der Waals surface area contributed by atoms with Crippen molar-refractivity contribution in [3.05, 3.63) is 74.0 Å². The molecule has 1 aliphatic rings. The molecule has 1 amide bonds. The van der Waals surface area contributed by atoms with Gasteiger partial charge in [0.25, 0.3) is 0 Å². The Kier molecular flexibility index (Phi) is 7.00. The number of hydrogen-bond acceptors (Lipinski definition) is 3. The first-order chi connectivity index (χ1) is 14.9. The number of benzene rings is 2. The average molecular weight is 512 g/mol. The van der Waals surface area contributed by atoms with Crippen molar-refractivity contribution < 1.29 is 27.2 Å². The second-order valence-corrected chi connectivity index (χ2v) is 8.62. The number of halogens is 7. The molecular weight excluding hydrogens is 495 g/mol. The first-order valence-corrected chi connectivity index (χ1v) is 10.4. The second kappa shape index (κ2) is 9.09. The van der Waals surface area contributed by atoms with Crippen LogP contribution in [-0.2, 0) is 21.8 Å². The maximum atomic E-state index is 14.2. The molecule has 0 aromatic heterocycles. The minimum atomic E-state index is -4.91. The molecule has 172 valence electrons. The van der Waals surface area contributed by atoms with E-state index in [0.717, 1.165) is 24.3 Å². The number of carbonyl (C=O) groups excluding carboxylic acids is 1. The molecule has 0 bridgehead atoms. The Morgan fingerprint density at radius 1 is 1.16 bits per heavy atom. The van der Waals surface area contributed by atoms with E-state index in [1.54, 1.807) is 13.8 Å². The second-order valence-electron chi connectivity index (χ2n) is 7.43. The largest absolute Gasteiger partial charge is 0.428 e. The van der Waals surface area contributed by atoms with Crippen molar-refractivity contribution in [1.29, 1.82) is 0 Å². The van der Waals surface area contributed by atoms with Gasteiger partial charge in [-0.15, -0.1) is 0 Å². The molecule has 0 saturated carbocycles. The van der Waals surface area contributed by atoms with Crippen molar-refractivity contribution in [1.82, 2.24) is 10.8 Å². The quantitative estimate of drug-likeness (QED) is 0.361. The van der Waals surface area contributed by atoms with Gasteiger partial charge >= 0.3 is 6.18 Å². The van der Waals surface area contributed by atoms with E-state index in [1.165, 1.54) is 12.1 Å². The summed E-state index contributed by atoms with van der Waals surface area (Å²) in [4.78, 5) is 16.8. The van der Waals surface area contributed by atoms with Gasteiger partial charge < -0.3 is 5.32 Å². The molecule has 11 heteroatoms. The lowest BCUT2D eigenvalue weighted by molar-refractivity contribution is -0.269. The molecule has 1 atom stereocenters. The van der Waals surface area contributed by atoms with Crippen molar-refractivity contribution in [2.45, 2.75) is 32.2 Å². The van der Waals surface area contributed by atoms with E-state index in [9.17, 15) is 22.4 Å². The molecule has 0 radical (unpaired) electrons. The van der Waals surface area contributed by atoms with Gasteiger partial charge in [-0.05, 0) is 36.4 Å². The molecule has 1 heterocycles. The molecule has 32 heavy (non-hydrogen) atoms. The smallest absolute Gasteiger partial charge is 0.352 e. The van der Waals surface area contributed by atoms with Gasteiger partial charge in [-0.3, -0.25) is 15.1 Å². The zero-order valence-corrected chi connectivity index (χ0v) is 19.0. The fraction of sp³-hybridized carbons (Fsp3) is 0.286. The molecule has 1 unspecified atom stereocenters. The summed E-state index contributed by atoms with van der Waals surface area (Å²) in [5.74, 6) is -1.21. The Balaban J connectivity index is 2.02. The molecule has 1 aliphatic heterocycles. The van der Waals surface area contributed by atoms with Crippen LogP contribution >= 0.6 is 34.8 Å². The van der Waals surface area contributed by atoms with E-state index in [-0.39, 0.29) is 50.3 Å². The summed E-state index contributed by atoms with van der Waals surface area (Å²) in [6, 6.07) is 5.74. The Morgan fingerprint density at radius 3 is 2.34 bits per heavy atom. The number of hydrogen-bond donors (Lipinski definition) is 2. The highest BCUT2D eigenvalue weighted by Crippen LogP contribution is 2.49. The predicted octanol–water partition coefficient (Wildman–Crippen LogP) is 6.39. The minimum absolute atomic E-state index is 0.0547. The fourth-order valence-corrected chi connectivity index (χ4v) is 3.62. The first kappa shape index (κ1) is 24.6. The van der Waals surface area contributed by atoms with Crippen LogP contribution in [0.15, 0.2) is 36.4 Å². The van der Waals surface area contributed by atoms with Crippen molar-refractivity contribution in [2.24, 2.45) is 5.92 Å². The molecule has 2 aromatic carbocycles. The molecule has 2 aromatic rings. The van der Waals surface area contributed by atoms with Crippen LogP contribution in [0, 0.1) is 11.7 Å². The van der Waals surface area contributed by atoms with Crippen LogP contribution in [0.1, 0.15) is 30.5 Å². The predicted molar refractivity (Wildman–Crippen MR) is 114 cm³/mol. The molecule has 2 N–H and O–H groups in total. The number of hydroxylamine groups is 1. The lowest BCUT2D eigenvalue weighted by atomic mass is 9.91. The van der Waals surface area contributed by atoms with Gasteiger partial charge in [0.15, 0.2) is 0 Å². The van der Waals surface area contributed by atoms with Gasteiger partial charge in [0.2, 0.25) is 11.5 Å². The van der Waals surface area contributed by atoms with Crippen LogP contribution in [0.25, 0.3) is 5.70 Å². The molecule has 0 saturated heterocycles. The maximum Gasteiger partial charge on any atom is 0.428 e. The molecule has 3 rings (SSSR count). The number of nitrogens with one attached hydrogen (secondary N) is 2. The van der Waals surface area contributed by atoms with Crippen molar-refractivity contribution in [2.75, 3.05) is 0 Å². The number of amides is 1. The zero-order chi connectivity index (χ0) is 23.8. The summed E-state index contributed by atoms with van der Waals surface area (Å²) in [7, 11) is 0. The van der Waals surface area contributed by atoms with Crippen LogP contribution in [0.4, 0.5) is 17.6 Å². The number of rotatable bonds is 5. The third kappa shape index (κ3) is 4.69. The number of alkyl halides is 3. The third-order valence-electron chi connectivity index (χ3n) is 4.84. The fourth-order valence-electron chi connectivity index (χ4n) is 3.02. The number of carbonyl (C=O) groups is 1. The highest BCUT2D eigenvalue weighted by molar-refractivity contribution is 6.48. The molecule has 0 spiro atoms. The van der Waals surface area contributed by atoms with Gasteiger partial charge in [0, 0.05) is 29.2 Å². The Morgan fingerprint density at radius 2 is 1.78 bits per heavy atom. The van der Waals surface area contributed by atoms with Gasteiger partial charge in [0.05, 0.1) is 20.8 Å². The van der Waals surface area contributed by atoms with Crippen LogP contribution in [0.2, 0.25) is 15.1 Å². The molecule has 4 nitrogen and oxygen atoms in total. The Labute approximate surface area is 196 Å².